The van der Waals surface area contributed by atoms with Crippen molar-refractivity contribution in [1.82, 2.24) is 4.90 Å². The fourth-order valence-electron chi connectivity index (χ4n) is 3.78. The van der Waals surface area contributed by atoms with Gasteiger partial charge in [-0.3, -0.25) is 0 Å². The molecule has 1 nitrogen and oxygen atoms in total. The average molecular weight is 354 g/mol. The van der Waals surface area contributed by atoms with E-state index in [1.807, 2.05) is 0 Å². The molecule has 0 rings (SSSR count). The van der Waals surface area contributed by atoms with Crippen LogP contribution in [0.3, 0.4) is 0 Å². The van der Waals surface area contributed by atoms with E-state index < -0.39 is 0 Å². The van der Waals surface area contributed by atoms with E-state index in [-0.39, 0.29) is 0 Å². The maximum atomic E-state index is 2.55. The van der Waals surface area contributed by atoms with Crippen molar-refractivity contribution in [3.63, 3.8) is 0 Å². The first-order valence-electron chi connectivity index (χ1n) is 12.1. The maximum absolute atomic E-state index is 2.55. The van der Waals surface area contributed by atoms with E-state index in [9.17, 15) is 0 Å². The van der Waals surface area contributed by atoms with E-state index in [0.717, 1.165) is 0 Å². The maximum Gasteiger partial charge on any atom is -0.00190 e. The van der Waals surface area contributed by atoms with Gasteiger partial charge >= 0.3 is 0 Å². The molecule has 0 spiro atoms. The van der Waals surface area contributed by atoms with E-state index in [2.05, 4.69) is 25.7 Å². The SMILES string of the molecule is CCCCCCCCCCCCCCCCCCCCN(CC)CC. The van der Waals surface area contributed by atoms with E-state index >= 15 is 0 Å². The van der Waals surface area contributed by atoms with Crippen LogP contribution in [-0.2, 0) is 0 Å². The topological polar surface area (TPSA) is 3.24 Å². The molecule has 0 amide bonds. The molecule has 0 aromatic rings. The third-order valence-corrected chi connectivity index (χ3v) is 5.72. The standard InChI is InChI=1S/C24H51N/c1-4-7-8-9-10-11-12-13-14-15-16-17-18-19-20-21-22-23-24-25(5-2)6-3/h4-24H2,1-3H3. The highest BCUT2D eigenvalue weighted by atomic mass is 15.1. The fourth-order valence-corrected chi connectivity index (χ4v) is 3.78. The predicted octanol–water partition coefficient (Wildman–Crippen LogP) is 8.37. The molecule has 0 fully saturated rings. The number of unbranched alkanes of at least 4 members (excludes halogenated alkanes) is 17. The molecule has 0 aliphatic carbocycles. The minimum absolute atomic E-state index is 1.22. The molecule has 0 heterocycles. The van der Waals surface area contributed by atoms with Crippen molar-refractivity contribution in [2.24, 2.45) is 0 Å². The Kier molecular flexibility index (Phi) is 22.0. The highest BCUT2D eigenvalue weighted by molar-refractivity contribution is 4.54. The molecule has 0 bridgehead atoms. The second kappa shape index (κ2) is 22.0. The van der Waals surface area contributed by atoms with Gasteiger partial charge in [-0.05, 0) is 26.1 Å². The molecule has 0 radical (unpaired) electrons. The van der Waals surface area contributed by atoms with Gasteiger partial charge in [0.05, 0.1) is 0 Å². The van der Waals surface area contributed by atoms with Gasteiger partial charge in [0.15, 0.2) is 0 Å². The Morgan fingerprint density at radius 3 is 0.920 bits per heavy atom. The molecule has 25 heavy (non-hydrogen) atoms. The number of hydrogen-bond donors (Lipinski definition) is 0. The Labute approximate surface area is 161 Å². The Bertz CT molecular complexity index is 222. The second-order valence-electron chi connectivity index (χ2n) is 8.04. The van der Waals surface area contributed by atoms with Crippen LogP contribution in [0.5, 0.6) is 0 Å². The van der Waals surface area contributed by atoms with Crippen LogP contribution >= 0.6 is 0 Å². The smallest absolute Gasteiger partial charge is 0.00190 e. The molecule has 0 aromatic heterocycles. The van der Waals surface area contributed by atoms with Crippen LogP contribution < -0.4 is 0 Å². The Balaban J connectivity index is 3.03. The van der Waals surface area contributed by atoms with Gasteiger partial charge in [-0.2, -0.15) is 0 Å². The highest BCUT2D eigenvalue weighted by Crippen LogP contribution is 2.14. The Hall–Kier alpha value is -0.0400. The third kappa shape index (κ3) is 20.1. The molecule has 0 saturated carbocycles. The first-order chi connectivity index (χ1) is 12.3. The number of rotatable bonds is 21. The van der Waals surface area contributed by atoms with Crippen molar-refractivity contribution < 1.29 is 0 Å². The molecule has 0 saturated heterocycles. The largest absolute Gasteiger partial charge is 0.304 e. The summed E-state index contributed by atoms with van der Waals surface area (Å²) in [7, 11) is 0. The lowest BCUT2D eigenvalue weighted by Gasteiger charge is -2.17. The van der Waals surface area contributed by atoms with Crippen LogP contribution in [0.2, 0.25) is 0 Å². The first-order valence-corrected chi connectivity index (χ1v) is 12.1. The van der Waals surface area contributed by atoms with E-state index in [1.54, 1.807) is 0 Å². The quantitative estimate of drug-likeness (QED) is 0.187. The van der Waals surface area contributed by atoms with Gasteiger partial charge < -0.3 is 4.90 Å². The summed E-state index contributed by atoms with van der Waals surface area (Å²) in [5.41, 5.74) is 0. The van der Waals surface area contributed by atoms with Gasteiger partial charge in [0.1, 0.15) is 0 Å². The van der Waals surface area contributed by atoms with Gasteiger partial charge in [0.2, 0.25) is 0 Å². The summed E-state index contributed by atoms with van der Waals surface area (Å²) in [5, 5.41) is 0. The summed E-state index contributed by atoms with van der Waals surface area (Å²) in [6, 6.07) is 0. The zero-order valence-electron chi connectivity index (χ0n) is 18.3. The molecule has 0 aliphatic heterocycles. The summed E-state index contributed by atoms with van der Waals surface area (Å²) in [4.78, 5) is 2.55. The lowest BCUT2D eigenvalue weighted by Crippen LogP contribution is -2.23. The van der Waals surface area contributed by atoms with Crippen LogP contribution in [0.4, 0.5) is 0 Å². The van der Waals surface area contributed by atoms with E-state index in [1.165, 1.54) is 135 Å². The fraction of sp³-hybridized carbons (Fsp3) is 1.00. The average Bonchev–Trinajstić information content (AvgIpc) is 2.64. The summed E-state index contributed by atoms with van der Waals surface area (Å²) in [6.45, 7) is 10.6. The molecule has 0 aromatic carbocycles. The summed E-state index contributed by atoms with van der Waals surface area (Å²) in [6.07, 6.45) is 26.4. The molecule has 0 atom stereocenters. The lowest BCUT2D eigenvalue weighted by molar-refractivity contribution is 0.295. The van der Waals surface area contributed by atoms with E-state index in [0.29, 0.717) is 0 Å². The molecule has 1 heteroatoms. The molecule has 0 unspecified atom stereocenters. The summed E-state index contributed by atoms with van der Waals surface area (Å²) in [5.74, 6) is 0. The first kappa shape index (κ1) is 25.0. The van der Waals surface area contributed by atoms with E-state index in [4.69, 9.17) is 0 Å². The normalized spacial score (nSPS) is 11.5. The monoisotopic (exact) mass is 353 g/mol. The van der Waals surface area contributed by atoms with Gasteiger partial charge in [-0.15, -0.1) is 0 Å². The number of nitrogens with zero attached hydrogens (tertiary/aromatic N) is 1. The second-order valence-corrected chi connectivity index (χ2v) is 8.04. The number of hydrogen-bond acceptors (Lipinski definition) is 1. The lowest BCUT2D eigenvalue weighted by atomic mass is 10.0. The van der Waals surface area contributed by atoms with Crippen molar-refractivity contribution in [3.05, 3.63) is 0 Å². The minimum atomic E-state index is 1.22. The van der Waals surface area contributed by atoms with Crippen LogP contribution in [0.25, 0.3) is 0 Å². The molecular formula is C24H51N. The van der Waals surface area contributed by atoms with Crippen LogP contribution in [-0.4, -0.2) is 24.5 Å². The van der Waals surface area contributed by atoms with Gasteiger partial charge in [-0.25, -0.2) is 0 Å². The molecular weight excluding hydrogens is 302 g/mol. The minimum Gasteiger partial charge on any atom is -0.304 e. The molecule has 152 valence electrons. The van der Waals surface area contributed by atoms with Crippen LogP contribution in [0.1, 0.15) is 136 Å². The van der Waals surface area contributed by atoms with Crippen LogP contribution in [0.15, 0.2) is 0 Å². The van der Waals surface area contributed by atoms with Crippen LogP contribution in [0, 0.1) is 0 Å². The highest BCUT2D eigenvalue weighted by Gasteiger charge is 1.98. The third-order valence-electron chi connectivity index (χ3n) is 5.72. The summed E-state index contributed by atoms with van der Waals surface area (Å²) < 4.78 is 0. The molecule has 0 aliphatic rings. The summed E-state index contributed by atoms with van der Waals surface area (Å²) >= 11 is 0. The van der Waals surface area contributed by atoms with Gasteiger partial charge in [-0.1, -0.05) is 130 Å². The van der Waals surface area contributed by atoms with Crippen molar-refractivity contribution in [3.8, 4) is 0 Å². The van der Waals surface area contributed by atoms with Crippen molar-refractivity contribution >= 4 is 0 Å². The van der Waals surface area contributed by atoms with Crippen molar-refractivity contribution in [2.75, 3.05) is 19.6 Å². The zero-order valence-corrected chi connectivity index (χ0v) is 18.3. The predicted molar refractivity (Wildman–Crippen MR) is 117 cm³/mol. The Morgan fingerprint density at radius 1 is 0.360 bits per heavy atom. The van der Waals surface area contributed by atoms with Gasteiger partial charge in [0, 0.05) is 0 Å². The zero-order chi connectivity index (χ0) is 18.4. The Morgan fingerprint density at radius 2 is 0.640 bits per heavy atom. The van der Waals surface area contributed by atoms with Crippen molar-refractivity contribution in [2.45, 2.75) is 136 Å². The van der Waals surface area contributed by atoms with Gasteiger partial charge in [0.25, 0.3) is 0 Å². The molecule has 0 N–H and O–H groups in total. The van der Waals surface area contributed by atoms with Crippen molar-refractivity contribution in [1.29, 1.82) is 0 Å².